The number of esters is 2. The maximum atomic E-state index is 12.4. The number of ether oxygens (including phenoxy) is 2. The SMILES string of the molecule is CC1(C)[C@@]2(C)CC[C@]1(C(=O)Oc1ccco1)OC2=O. The van der Waals surface area contributed by atoms with Crippen molar-refractivity contribution in [2.75, 3.05) is 0 Å². The largest absolute Gasteiger partial charge is 0.446 e. The first-order valence-electron chi connectivity index (χ1n) is 6.33. The van der Waals surface area contributed by atoms with E-state index in [1.165, 1.54) is 6.26 Å². The van der Waals surface area contributed by atoms with Gasteiger partial charge in [0.25, 0.3) is 5.95 Å². The van der Waals surface area contributed by atoms with E-state index in [1.807, 2.05) is 20.8 Å². The number of fused-ring (bicyclic) bond motifs is 2. The molecule has 102 valence electrons. The highest BCUT2D eigenvalue weighted by Crippen LogP contribution is 2.65. The molecule has 0 unspecified atom stereocenters. The van der Waals surface area contributed by atoms with Crippen LogP contribution in [0.5, 0.6) is 5.95 Å². The lowest BCUT2D eigenvalue weighted by molar-refractivity contribution is -0.177. The van der Waals surface area contributed by atoms with Crippen LogP contribution in [-0.4, -0.2) is 17.5 Å². The molecule has 0 amide bonds. The maximum absolute atomic E-state index is 12.4. The van der Waals surface area contributed by atoms with Crippen LogP contribution >= 0.6 is 0 Å². The Morgan fingerprint density at radius 1 is 1.32 bits per heavy atom. The molecular weight excluding hydrogens is 248 g/mol. The maximum Gasteiger partial charge on any atom is 0.358 e. The highest BCUT2D eigenvalue weighted by atomic mass is 16.6. The molecule has 0 N–H and O–H groups in total. The Morgan fingerprint density at radius 3 is 2.53 bits per heavy atom. The molecule has 2 aliphatic rings. The van der Waals surface area contributed by atoms with Crippen LogP contribution in [-0.2, 0) is 14.3 Å². The topological polar surface area (TPSA) is 65.7 Å². The van der Waals surface area contributed by atoms with Crippen LogP contribution in [0.3, 0.4) is 0 Å². The Labute approximate surface area is 110 Å². The van der Waals surface area contributed by atoms with Crippen LogP contribution < -0.4 is 4.74 Å². The van der Waals surface area contributed by atoms with E-state index in [-0.39, 0.29) is 11.9 Å². The Kier molecular flexibility index (Phi) is 2.20. The van der Waals surface area contributed by atoms with Crippen molar-refractivity contribution in [2.24, 2.45) is 10.8 Å². The zero-order valence-corrected chi connectivity index (χ0v) is 11.2. The van der Waals surface area contributed by atoms with Gasteiger partial charge in [0.2, 0.25) is 5.60 Å². The minimum atomic E-state index is -1.20. The lowest BCUT2D eigenvalue weighted by Gasteiger charge is -2.34. The third-order valence-corrected chi connectivity index (χ3v) is 5.10. The second kappa shape index (κ2) is 3.40. The third kappa shape index (κ3) is 1.25. The van der Waals surface area contributed by atoms with Gasteiger partial charge in [-0.05, 0) is 25.8 Å². The van der Waals surface area contributed by atoms with Crippen molar-refractivity contribution in [3.8, 4) is 5.95 Å². The first-order valence-corrected chi connectivity index (χ1v) is 6.33. The van der Waals surface area contributed by atoms with Gasteiger partial charge in [0, 0.05) is 11.5 Å². The molecule has 0 radical (unpaired) electrons. The van der Waals surface area contributed by atoms with Gasteiger partial charge >= 0.3 is 11.9 Å². The average Bonchev–Trinajstić information content (AvgIpc) is 2.94. The van der Waals surface area contributed by atoms with Crippen LogP contribution in [0.1, 0.15) is 33.6 Å². The van der Waals surface area contributed by atoms with Crippen LogP contribution in [0.25, 0.3) is 0 Å². The zero-order chi connectivity index (χ0) is 13.9. The molecular formula is C14H16O5. The van der Waals surface area contributed by atoms with Crippen molar-refractivity contribution in [1.29, 1.82) is 0 Å². The molecule has 1 aliphatic heterocycles. The van der Waals surface area contributed by atoms with E-state index in [1.54, 1.807) is 12.1 Å². The second-order valence-electron chi connectivity index (χ2n) is 6.00. The second-order valence-corrected chi connectivity index (χ2v) is 6.00. The molecule has 2 fully saturated rings. The number of rotatable bonds is 2. The van der Waals surface area contributed by atoms with Crippen LogP contribution in [0, 0.1) is 10.8 Å². The monoisotopic (exact) mass is 264 g/mol. The van der Waals surface area contributed by atoms with Gasteiger partial charge in [0.1, 0.15) is 0 Å². The standard InChI is InChI=1S/C14H16O5/c1-12(2)13(3)6-7-14(12,19-10(13)15)11(16)18-9-5-4-8-17-9/h4-5,8H,6-7H2,1-3H3/t13-,14+/m0/s1. The lowest BCUT2D eigenvalue weighted by Crippen LogP contribution is -2.50. The summed E-state index contributed by atoms with van der Waals surface area (Å²) in [4.78, 5) is 24.5. The summed E-state index contributed by atoms with van der Waals surface area (Å²) in [7, 11) is 0. The normalized spacial score (nSPS) is 35.2. The number of carbonyl (C=O) groups is 2. The first-order chi connectivity index (χ1) is 8.83. The minimum absolute atomic E-state index is 0.117. The quantitative estimate of drug-likeness (QED) is 0.767. The summed E-state index contributed by atoms with van der Waals surface area (Å²) in [5.41, 5.74) is -2.43. The van der Waals surface area contributed by atoms with Gasteiger partial charge in [-0.15, -0.1) is 0 Å². The summed E-state index contributed by atoms with van der Waals surface area (Å²) in [5, 5.41) is 0. The smallest absolute Gasteiger partial charge is 0.358 e. The van der Waals surface area contributed by atoms with E-state index >= 15 is 0 Å². The van der Waals surface area contributed by atoms with E-state index in [0.29, 0.717) is 12.8 Å². The van der Waals surface area contributed by atoms with Crippen molar-refractivity contribution in [2.45, 2.75) is 39.2 Å². The molecule has 1 saturated carbocycles. The molecule has 2 atom stereocenters. The Balaban J connectivity index is 1.96. The number of hydrogen-bond donors (Lipinski definition) is 0. The molecule has 3 rings (SSSR count). The van der Waals surface area contributed by atoms with Gasteiger partial charge in [0.15, 0.2) is 0 Å². The van der Waals surface area contributed by atoms with Gasteiger partial charge in [-0.1, -0.05) is 13.8 Å². The van der Waals surface area contributed by atoms with Crippen LogP contribution in [0.4, 0.5) is 0 Å². The molecule has 1 aromatic rings. The van der Waals surface area contributed by atoms with Crippen molar-refractivity contribution in [1.82, 2.24) is 0 Å². The summed E-state index contributed by atoms with van der Waals surface area (Å²) in [6.45, 7) is 5.62. The Hall–Kier alpha value is -1.78. The molecule has 0 aromatic carbocycles. The van der Waals surface area contributed by atoms with Crippen molar-refractivity contribution in [3.05, 3.63) is 18.4 Å². The first kappa shape index (κ1) is 12.3. The molecule has 1 aromatic heterocycles. The van der Waals surface area contributed by atoms with Gasteiger partial charge in [0.05, 0.1) is 11.7 Å². The third-order valence-electron chi connectivity index (χ3n) is 5.10. The molecule has 1 aliphatic carbocycles. The van der Waals surface area contributed by atoms with E-state index in [9.17, 15) is 9.59 Å². The number of carbonyl (C=O) groups excluding carboxylic acids is 2. The molecule has 5 nitrogen and oxygen atoms in total. The molecule has 1 saturated heterocycles. The van der Waals surface area contributed by atoms with E-state index in [4.69, 9.17) is 13.9 Å². The summed E-state index contributed by atoms with van der Waals surface area (Å²) >= 11 is 0. The lowest BCUT2D eigenvalue weighted by atomic mass is 9.66. The van der Waals surface area contributed by atoms with Crippen molar-refractivity contribution >= 4 is 11.9 Å². The average molecular weight is 264 g/mol. The minimum Gasteiger partial charge on any atom is -0.446 e. The molecule has 2 bridgehead atoms. The van der Waals surface area contributed by atoms with Crippen LogP contribution in [0.2, 0.25) is 0 Å². The summed E-state index contributed by atoms with van der Waals surface area (Å²) in [6, 6.07) is 3.18. The fraction of sp³-hybridized carbons (Fsp3) is 0.571. The highest BCUT2D eigenvalue weighted by Gasteiger charge is 2.76. The molecule has 5 heteroatoms. The van der Waals surface area contributed by atoms with E-state index in [0.717, 1.165) is 0 Å². The predicted octanol–water partition coefficient (Wildman–Crippen LogP) is 2.31. The highest BCUT2D eigenvalue weighted by molar-refractivity contribution is 5.94. The Morgan fingerprint density at radius 2 is 2.05 bits per heavy atom. The van der Waals surface area contributed by atoms with Gasteiger partial charge in [-0.25, -0.2) is 4.79 Å². The van der Waals surface area contributed by atoms with Gasteiger partial charge in [-0.3, -0.25) is 4.79 Å². The van der Waals surface area contributed by atoms with Gasteiger partial charge in [-0.2, -0.15) is 0 Å². The van der Waals surface area contributed by atoms with E-state index < -0.39 is 22.4 Å². The van der Waals surface area contributed by atoms with Crippen molar-refractivity contribution < 1.29 is 23.5 Å². The molecule has 19 heavy (non-hydrogen) atoms. The molecule has 2 heterocycles. The molecule has 0 spiro atoms. The van der Waals surface area contributed by atoms with Crippen molar-refractivity contribution in [3.63, 3.8) is 0 Å². The fourth-order valence-corrected chi connectivity index (χ4v) is 3.20. The van der Waals surface area contributed by atoms with Crippen LogP contribution in [0.15, 0.2) is 22.8 Å². The number of furan rings is 1. The summed E-state index contributed by atoms with van der Waals surface area (Å²) in [5.74, 6) is -0.756. The van der Waals surface area contributed by atoms with Gasteiger partial charge < -0.3 is 13.9 Å². The number of hydrogen-bond acceptors (Lipinski definition) is 5. The Bertz CT molecular complexity index is 544. The van der Waals surface area contributed by atoms with E-state index in [2.05, 4.69) is 0 Å². The summed E-state index contributed by atoms with van der Waals surface area (Å²) in [6.07, 6.45) is 2.54. The predicted molar refractivity (Wildman–Crippen MR) is 64.3 cm³/mol. The summed E-state index contributed by atoms with van der Waals surface area (Å²) < 4.78 is 15.6. The fourth-order valence-electron chi connectivity index (χ4n) is 3.20. The zero-order valence-electron chi connectivity index (χ0n) is 11.2.